The zero-order chi connectivity index (χ0) is 11.0. The van der Waals surface area contributed by atoms with Crippen molar-refractivity contribution in [2.75, 3.05) is 0 Å². The first-order chi connectivity index (χ1) is 7.84. The Morgan fingerprint density at radius 3 is 2.44 bits per heavy atom. The number of benzene rings is 1. The Balaban J connectivity index is 2.03. The first kappa shape index (κ1) is 9.64. The minimum atomic E-state index is 0.222. The molecular weight excluding hydrogens is 196 g/mol. The van der Waals surface area contributed by atoms with Crippen molar-refractivity contribution in [3.05, 3.63) is 54.1 Å². The van der Waals surface area contributed by atoms with Gasteiger partial charge in [0, 0.05) is 12.4 Å². The van der Waals surface area contributed by atoms with Crippen molar-refractivity contribution in [2.45, 2.75) is 31.7 Å². The van der Waals surface area contributed by atoms with E-state index in [1.807, 2.05) is 12.5 Å². The largest absolute Gasteiger partial charge is 0.331 e. The van der Waals surface area contributed by atoms with Crippen molar-refractivity contribution in [2.24, 2.45) is 0 Å². The van der Waals surface area contributed by atoms with Crippen LogP contribution in [0.5, 0.6) is 0 Å². The van der Waals surface area contributed by atoms with E-state index >= 15 is 0 Å². The van der Waals surface area contributed by atoms with Gasteiger partial charge in [-0.15, -0.1) is 0 Å². The molecule has 0 atom stereocenters. The first-order valence-electron chi connectivity index (χ1n) is 5.89. The van der Waals surface area contributed by atoms with Crippen LogP contribution >= 0.6 is 0 Å². The molecule has 0 saturated heterocycles. The number of hydrogen-bond acceptors (Lipinski definition) is 1. The fourth-order valence-corrected chi connectivity index (χ4v) is 2.83. The maximum atomic E-state index is 4.19. The molecule has 82 valence electrons. The third kappa shape index (κ3) is 1.29. The van der Waals surface area contributed by atoms with Crippen LogP contribution in [-0.4, -0.2) is 9.55 Å². The summed E-state index contributed by atoms with van der Waals surface area (Å²) in [6, 6.07) is 8.78. The summed E-state index contributed by atoms with van der Waals surface area (Å²) >= 11 is 0. The van der Waals surface area contributed by atoms with E-state index in [1.165, 1.54) is 11.1 Å². The Hall–Kier alpha value is -1.57. The van der Waals surface area contributed by atoms with Crippen LogP contribution in [-0.2, 0) is 18.4 Å². The number of hydrogen-bond donors (Lipinski definition) is 0. The van der Waals surface area contributed by atoms with Crippen molar-refractivity contribution in [3.8, 4) is 0 Å². The molecule has 2 nitrogen and oxygen atoms in total. The van der Waals surface area contributed by atoms with E-state index in [1.54, 1.807) is 0 Å². The molecule has 1 aromatic carbocycles. The molecule has 1 aliphatic carbocycles. The molecule has 0 fully saturated rings. The molecule has 0 N–H and O–H groups in total. The van der Waals surface area contributed by atoms with E-state index in [9.17, 15) is 0 Å². The summed E-state index contributed by atoms with van der Waals surface area (Å²) in [5.41, 5.74) is 3.22. The number of nitrogens with zero attached hydrogens (tertiary/aromatic N) is 2. The fourth-order valence-electron chi connectivity index (χ4n) is 2.83. The van der Waals surface area contributed by atoms with Crippen LogP contribution in [0.1, 0.15) is 24.5 Å². The van der Waals surface area contributed by atoms with Crippen LogP contribution < -0.4 is 0 Å². The van der Waals surface area contributed by atoms with Gasteiger partial charge in [-0.1, -0.05) is 31.2 Å². The molecule has 0 amide bonds. The van der Waals surface area contributed by atoms with Gasteiger partial charge in [0.1, 0.15) is 0 Å². The van der Waals surface area contributed by atoms with Crippen LogP contribution in [0.3, 0.4) is 0 Å². The lowest BCUT2D eigenvalue weighted by Crippen LogP contribution is -2.32. The second-order valence-corrected chi connectivity index (χ2v) is 4.67. The van der Waals surface area contributed by atoms with E-state index < -0.39 is 0 Å². The summed E-state index contributed by atoms with van der Waals surface area (Å²) in [6.45, 7) is 2.27. The van der Waals surface area contributed by atoms with Gasteiger partial charge < -0.3 is 4.57 Å². The third-order valence-corrected chi connectivity index (χ3v) is 3.87. The minimum absolute atomic E-state index is 0.222. The van der Waals surface area contributed by atoms with Crippen LogP contribution in [0.4, 0.5) is 0 Å². The minimum Gasteiger partial charge on any atom is -0.331 e. The third-order valence-electron chi connectivity index (χ3n) is 3.87. The topological polar surface area (TPSA) is 17.8 Å². The van der Waals surface area contributed by atoms with Gasteiger partial charge in [0.2, 0.25) is 0 Å². The maximum Gasteiger partial charge on any atom is 0.0951 e. The Morgan fingerprint density at radius 1 is 1.25 bits per heavy atom. The molecule has 3 rings (SSSR count). The van der Waals surface area contributed by atoms with E-state index in [4.69, 9.17) is 0 Å². The molecule has 16 heavy (non-hydrogen) atoms. The molecule has 1 heterocycles. The molecule has 0 bridgehead atoms. The van der Waals surface area contributed by atoms with Crippen LogP contribution in [0.25, 0.3) is 0 Å². The van der Waals surface area contributed by atoms with Gasteiger partial charge in [-0.25, -0.2) is 4.98 Å². The summed E-state index contributed by atoms with van der Waals surface area (Å²) in [7, 11) is 0. The van der Waals surface area contributed by atoms with Crippen LogP contribution in [0, 0.1) is 0 Å². The number of imidazole rings is 1. The van der Waals surface area contributed by atoms with E-state index in [0.29, 0.717) is 0 Å². The summed E-state index contributed by atoms with van der Waals surface area (Å²) in [5.74, 6) is 0. The number of fused-ring (bicyclic) bond motifs is 1. The molecule has 2 aromatic rings. The Labute approximate surface area is 95.9 Å². The van der Waals surface area contributed by atoms with Gasteiger partial charge in [0.05, 0.1) is 11.9 Å². The van der Waals surface area contributed by atoms with Crippen molar-refractivity contribution >= 4 is 0 Å². The molecule has 0 aliphatic heterocycles. The highest BCUT2D eigenvalue weighted by atomic mass is 15.1. The highest BCUT2D eigenvalue weighted by Gasteiger charge is 2.36. The second kappa shape index (κ2) is 3.48. The highest BCUT2D eigenvalue weighted by molar-refractivity contribution is 5.35. The van der Waals surface area contributed by atoms with Crippen molar-refractivity contribution in [1.82, 2.24) is 9.55 Å². The Kier molecular flexibility index (Phi) is 2.10. The Bertz CT molecular complexity index is 460. The predicted octanol–water partition coefficient (Wildman–Crippen LogP) is 2.79. The number of aromatic nitrogens is 2. The summed E-state index contributed by atoms with van der Waals surface area (Å²) in [4.78, 5) is 4.19. The van der Waals surface area contributed by atoms with Crippen LogP contribution in [0.15, 0.2) is 43.0 Å². The zero-order valence-electron chi connectivity index (χ0n) is 9.56. The normalized spacial score (nSPS) is 17.3. The van der Waals surface area contributed by atoms with E-state index in [2.05, 4.69) is 46.9 Å². The van der Waals surface area contributed by atoms with Crippen molar-refractivity contribution in [1.29, 1.82) is 0 Å². The monoisotopic (exact) mass is 212 g/mol. The summed E-state index contributed by atoms with van der Waals surface area (Å²) in [6.07, 6.45) is 9.34. The lowest BCUT2D eigenvalue weighted by atomic mass is 9.92. The zero-order valence-corrected chi connectivity index (χ0v) is 9.56. The SMILES string of the molecule is CCC1(n2ccnc2)Cc2ccccc2C1. The highest BCUT2D eigenvalue weighted by Crippen LogP contribution is 2.37. The van der Waals surface area contributed by atoms with E-state index in [-0.39, 0.29) is 5.54 Å². The van der Waals surface area contributed by atoms with E-state index in [0.717, 1.165) is 19.3 Å². The van der Waals surface area contributed by atoms with Gasteiger partial charge >= 0.3 is 0 Å². The Morgan fingerprint density at radius 2 is 1.94 bits per heavy atom. The molecule has 0 spiro atoms. The van der Waals surface area contributed by atoms with Crippen molar-refractivity contribution in [3.63, 3.8) is 0 Å². The quantitative estimate of drug-likeness (QED) is 0.748. The van der Waals surface area contributed by atoms with Crippen LogP contribution in [0.2, 0.25) is 0 Å². The lowest BCUT2D eigenvalue weighted by Gasteiger charge is -2.29. The average molecular weight is 212 g/mol. The average Bonchev–Trinajstić information content (AvgIpc) is 2.96. The molecule has 0 saturated carbocycles. The molecule has 0 radical (unpaired) electrons. The smallest absolute Gasteiger partial charge is 0.0951 e. The predicted molar refractivity (Wildman–Crippen MR) is 64.3 cm³/mol. The maximum absolute atomic E-state index is 4.19. The van der Waals surface area contributed by atoms with Gasteiger partial charge in [-0.2, -0.15) is 0 Å². The standard InChI is InChI=1S/C14H16N2/c1-2-14(16-8-7-15-11-16)9-12-5-3-4-6-13(12)10-14/h3-8,11H,2,9-10H2,1H3. The van der Waals surface area contributed by atoms with Gasteiger partial charge in [-0.3, -0.25) is 0 Å². The fraction of sp³-hybridized carbons (Fsp3) is 0.357. The lowest BCUT2D eigenvalue weighted by molar-refractivity contribution is 0.288. The van der Waals surface area contributed by atoms with Gasteiger partial charge in [0.15, 0.2) is 0 Å². The van der Waals surface area contributed by atoms with Gasteiger partial charge in [-0.05, 0) is 30.4 Å². The molecule has 1 aromatic heterocycles. The molecule has 2 heteroatoms. The molecule has 1 aliphatic rings. The first-order valence-corrected chi connectivity index (χ1v) is 5.89. The molecule has 0 unspecified atom stereocenters. The van der Waals surface area contributed by atoms with Crippen molar-refractivity contribution < 1.29 is 0 Å². The summed E-state index contributed by atoms with van der Waals surface area (Å²) < 4.78 is 2.28. The second-order valence-electron chi connectivity index (χ2n) is 4.67. The van der Waals surface area contributed by atoms with Gasteiger partial charge in [0.25, 0.3) is 0 Å². The number of rotatable bonds is 2. The molecular formula is C14H16N2. The summed E-state index contributed by atoms with van der Waals surface area (Å²) in [5, 5.41) is 0.